The van der Waals surface area contributed by atoms with E-state index in [0.29, 0.717) is 33.5 Å². The molecule has 0 aliphatic heterocycles. The van der Waals surface area contributed by atoms with E-state index in [4.69, 9.17) is 25.7 Å². The molecule has 0 N–H and O–H groups in total. The first-order chi connectivity index (χ1) is 17.3. The number of alkyl halides is 3. The van der Waals surface area contributed by atoms with Crippen molar-refractivity contribution in [3.8, 4) is 27.6 Å². The Morgan fingerprint density at radius 3 is 2.56 bits per heavy atom. The Bertz CT molecular complexity index is 1610. The summed E-state index contributed by atoms with van der Waals surface area (Å²) in [5.41, 5.74) is 2.07. The lowest BCUT2D eigenvalue weighted by Gasteiger charge is -2.09. The van der Waals surface area contributed by atoms with Gasteiger partial charge in [-0.15, -0.1) is 11.3 Å². The molecule has 0 unspecified atom stereocenters. The van der Waals surface area contributed by atoms with E-state index in [1.165, 1.54) is 23.5 Å². The smallest absolute Gasteiger partial charge is 0.416 e. The van der Waals surface area contributed by atoms with Crippen molar-refractivity contribution in [2.75, 3.05) is 6.61 Å². The molecule has 0 saturated carbocycles. The summed E-state index contributed by atoms with van der Waals surface area (Å²) in [6.45, 7) is 2.28. The molecule has 36 heavy (non-hydrogen) atoms. The van der Waals surface area contributed by atoms with Crippen LogP contribution in [0.3, 0.4) is 0 Å². The average Bonchev–Trinajstić information content (AvgIpc) is 3.34. The maximum absolute atomic E-state index is 13.3. The number of benzene rings is 3. The molecular weight excluding hydrogens is 509 g/mol. The van der Waals surface area contributed by atoms with E-state index in [1.807, 2.05) is 42.6 Å². The van der Waals surface area contributed by atoms with Gasteiger partial charge in [-0.25, -0.2) is 9.98 Å². The van der Waals surface area contributed by atoms with Crippen LogP contribution in [-0.4, -0.2) is 11.6 Å². The standard InChI is InChI=1S/C27H18ClF3N2O2S/c1-2-34-23-8-3-5-17-13-21(26-33-22(15-36-26)16-9-11-19(28)12-10-16)25(35-24(17)23)32-20-7-4-6-18(14-20)27(29,30)31/h3-15H,2H2,1H3. The summed E-state index contributed by atoms with van der Waals surface area (Å²) in [6.07, 6.45) is -4.49. The molecule has 2 heterocycles. The number of ether oxygens (including phenoxy) is 1. The van der Waals surface area contributed by atoms with Gasteiger partial charge in [0.2, 0.25) is 5.55 Å². The minimum absolute atomic E-state index is 0.109. The number of nitrogens with zero attached hydrogens (tertiary/aromatic N) is 2. The molecule has 0 radical (unpaired) electrons. The van der Waals surface area contributed by atoms with Crippen LogP contribution in [0.2, 0.25) is 5.02 Å². The van der Waals surface area contributed by atoms with Gasteiger partial charge in [0, 0.05) is 21.4 Å². The Morgan fingerprint density at radius 2 is 1.81 bits per heavy atom. The van der Waals surface area contributed by atoms with Crippen LogP contribution >= 0.6 is 22.9 Å². The number of hydrogen-bond acceptors (Lipinski definition) is 5. The van der Waals surface area contributed by atoms with Crippen LogP contribution in [0.5, 0.6) is 5.75 Å². The van der Waals surface area contributed by atoms with Gasteiger partial charge in [0.1, 0.15) is 5.01 Å². The summed E-state index contributed by atoms with van der Waals surface area (Å²) in [5, 5.41) is 3.88. The third-order valence-electron chi connectivity index (χ3n) is 5.32. The molecule has 0 aliphatic carbocycles. The first-order valence-corrected chi connectivity index (χ1v) is 12.2. The molecule has 5 aromatic rings. The minimum Gasteiger partial charge on any atom is -0.490 e. The lowest BCUT2D eigenvalue weighted by molar-refractivity contribution is -0.137. The Kier molecular flexibility index (Phi) is 6.55. The molecule has 0 saturated heterocycles. The van der Waals surface area contributed by atoms with Gasteiger partial charge in [-0.3, -0.25) is 0 Å². The maximum atomic E-state index is 13.3. The van der Waals surface area contributed by atoms with Crippen molar-refractivity contribution in [2.24, 2.45) is 4.99 Å². The van der Waals surface area contributed by atoms with Crippen molar-refractivity contribution in [1.82, 2.24) is 4.98 Å². The second kappa shape index (κ2) is 9.79. The second-order valence-electron chi connectivity index (χ2n) is 7.78. The van der Waals surface area contributed by atoms with E-state index in [-0.39, 0.29) is 11.2 Å². The van der Waals surface area contributed by atoms with Crippen LogP contribution in [-0.2, 0) is 6.18 Å². The third kappa shape index (κ3) is 5.01. The number of rotatable bonds is 5. The third-order valence-corrected chi connectivity index (χ3v) is 6.44. The van der Waals surface area contributed by atoms with Crippen molar-refractivity contribution >= 4 is 39.6 Å². The molecule has 4 nitrogen and oxygen atoms in total. The van der Waals surface area contributed by atoms with Crippen LogP contribution in [0.15, 0.2) is 87.6 Å². The molecule has 0 spiro atoms. The van der Waals surface area contributed by atoms with Gasteiger partial charge in [-0.2, -0.15) is 13.2 Å². The van der Waals surface area contributed by atoms with Crippen molar-refractivity contribution < 1.29 is 22.3 Å². The monoisotopic (exact) mass is 526 g/mol. The maximum Gasteiger partial charge on any atom is 0.416 e. The molecule has 9 heteroatoms. The van der Waals surface area contributed by atoms with Gasteiger partial charge in [0.25, 0.3) is 0 Å². The lowest BCUT2D eigenvalue weighted by atomic mass is 10.1. The van der Waals surface area contributed by atoms with Gasteiger partial charge in [-0.05, 0) is 49.4 Å². The van der Waals surface area contributed by atoms with E-state index in [2.05, 4.69) is 4.99 Å². The minimum atomic E-state index is -4.49. The van der Waals surface area contributed by atoms with Gasteiger partial charge in [0.15, 0.2) is 11.3 Å². The molecule has 0 bridgehead atoms. The first-order valence-electron chi connectivity index (χ1n) is 11.0. The largest absolute Gasteiger partial charge is 0.490 e. The molecule has 0 amide bonds. The molecule has 182 valence electrons. The zero-order chi connectivity index (χ0) is 25.3. The highest BCUT2D eigenvalue weighted by atomic mass is 35.5. The number of halogens is 4. The summed E-state index contributed by atoms with van der Waals surface area (Å²) >= 11 is 7.39. The molecule has 0 aliphatic rings. The summed E-state index contributed by atoms with van der Waals surface area (Å²) in [5.74, 6) is 0.517. The Hall–Kier alpha value is -3.62. The van der Waals surface area contributed by atoms with E-state index in [0.717, 1.165) is 28.8 Å². The second-order valence-corrected chi connectivity index (χ2v) is 9.07. The van der Waals surface area contributed by atoms with Gasteiger partial charge in [-0.1, -0.05) is 41.9 Å². The van der Waals surface area contributed by atoms with Crippen molar-refractivity contribution in [3.05, 3.63) is 94.3 Å². The Morgan fingerprint density at radius 1 is 1.03 bits per heavy atom. The number of fused-ring (bicyclic) bond motifs is 1. The predicted molar refractivity (Wildman–Crippen MR) is 136 cm³/mol. The topological polar surface area (TPSA) is 47.6 Å². The van der Waals surface area contributed by atoms with Crippen LogP contribution in [0.25, 0.3) is 32.8 Å². The van der Waals surface area contributed by atoms with Crippen LogP contribution in [0, 0.1) is 0 Å². The van der Waals surface area contributed by atoms with E-state index < -0.39 is 11.7 Å². The fourth-order valence-electron chi connectivity index (χ4n) is 3.65. The molecular formula is C27H18ClF3N2O2S. The fraction of sp³-hybridized carbons (Fsp3) is 0.111. The van der Waals surface area contributed by atoms with Gasteiger partial charge in [0.05, 0.1) is 29.1 Å². The van der Waals surface area contributed by atoms with Crippen LogP contribution in [0.1, 0.15) is 12.5 Å². The fourth-order valence-corrected chi connectivity index (χ4v) is 4.61. The average molecular weight is 527 g/mol. The number of para-hydroxylation sites is 1. The first kappa shape index (κ1) is 24.1. The van der Waals surface area contributed by atoms with E-state index in [1.54, 1.807) is 18.2 Å². The zero-order valence-electron chi connectivity index (χ0n) is 18.8. The van der Waals surface area contributed by atoms with Gasteiger partial charge < -0.3 is 9.15 Å². The van der Waals surface area contributed by atoms with Crippen LogP contribution < -0.4 is 10.3 Å². The zero-order valence-corrected chi connectivity index (χ0v) is 20.4. The number of hydrogen-bond donors (Lipinski definition) is 0. The highest BCUT2D eigenvalue weighted by Gasteiger charge is 2.30. The highest BCUT2D eigenvalue weighted by molar-refractivity contribution is 7.13. The van der Waals surface area contributed by atoms with E-state index >= 15 is 0 Å². The number of aromatic nitrogens is 1. The summed E-state index contributed by atoms with van der Waals surface area (Å²) in [4.78, 5) is 9.21. The SMILES string of the molecule is CCOc1cccc2cc(-c3nc(-c4ccc(Cl)cc4)cs3)c(=Nc3cccc(C(F)(F)F)c3)oc12. The summed E-state index contributed by atoms with van der Waals surface area (Å²) in [7, 11) is 0. The molecule has 3 aromatic carbocycles. The van der Waals surface area contributed by atoms with Gasteiger partial charge >= 0.3 is 6.18 Å². The summed E-state index contributed by atoms with van der Waals surface area (Å²) < 4.78 is 51.7. The van der Waals surface area contributed by atoms with E-state index in [9.17, 15) is 13.2 Å². The predicted octanol–water partition coefficient (Wildman–Crippen LogP) is 8.53. The molecule has 2 aromatic heterocycles. The van der Waals surface area contributed by atoms with Crippen molar-refractivity contribution in [1.29, 1.82) is 0 Å². The van der Waals surface area contributed by atoms with Crippen molar-refractivity contribution in [2.45, 2.75) is 13.1 Å². The Balaban J connectivity index is 1.71. The van der Waals surface area contributed by atoms with Crippen molar-refractivity contribution in [3.63, 3.8) is 0 Å². The Labute approximate surface area is 213 Å². The highest BCUT2D eigenvalue weighted by Crippen LogP contribution is 2.34. The van der Waals surface area contributed by atoms with Crippen LogP contribution in [0.4, 0.5) is 18.9 Å². The quantitative estimate of drug-likeness (QED) is 0.230. The summed E-state index contributed by atoms with van der Waals surface area (Å²) in [6, 6.07) is 19.4. The lowest BCUT2D eigenvalue weighted by Crippen LogP contribution is -2.07. The number of thiazole rings is 1. The molecule has 5 rings (SSSR count). The normalized spacial score (nSPS) is 12.3. The molecule has 0 fully saturated rings. The molecule has 0 atom stereocenters.